The van der Waals surface area contributed by atoms with Crippen molar-refractivity contribution in [2.75, 3.05) is 12.8 Å². The van der Waals surface area contributed by atoms with Gasteiger partial charge in [0.1, 0.15) is 9.90 Å². The van der Waals surface area contributed by atoms with Gasteiger partial charge in [-0.1, -0.05) is 30.7 Å². The Morgan fingerprint density at radius 1 is 0.964 bits per heavy atom. The van der Waals surface area contributed by atoms with Gasteiger partial charge >= 0.3 is 0 Å². The van der Waals surface area contributed by atoms with Gasteiger partial charge in [0.05, 0.1) is 21.2 Å². The number of hydrogen-bond donors (Lipinski definition) is 0. The molecule has 3 aromatic rings. The van der Waals surface area contributed by atoms with E-state index in [4.69, 9.17) is 0 Å². The van der Waals surface area contributed by atoms with Crippen LogP contribution in [-0.2, 0) is 19.9 Å². The molecule has 9 heteroatoms. The van der Waals surface area contributed by atoms with Crippen molar-refractivity contribution in [1.82, 2.24) is 9.29 Å². The summed E-state index contributed by atoms with van der Waals surface area (Å²) in [5, 5.41) is 0.751. The normalized spacial score (nSPS) is 19.1. The summed E-state index contributed by atoms with van der Waals surface area (Å²) in [6.45, 7) is 0.348. The summed E-state index contributed by atoms with van der Waals surface area (Å²) in [6.07, 6.45) is 3.34. The lowest BCUT2D eigenvalue weighted by molar-refractivity contribution is 0.255. The standard InChI is InChI=1S/C19H20N2O4S3/c1-27(22,23)17-11-4-5-12-18(17)28(24,25)21-13-7-6-9-15(21)19-20-14-8-2-3-10-16(14)26-19/h2-5,8,10-12,15H,6-7,9,13H2,1H3. The molecule has 28 heavy (non-hydrogen) atoms. The second-order valence-electron chi connectivity index (χ2n) is 6.87. The average molecular weight is 437 g/mol. The van der Waals surface area contributed by atoms with Crippen molar-refractivity contribution >= 4 is 41.4 Å². The Morgan fingerprint density at radius 3 is 2.36 bits per heavy atom. The van der Waals surface area contributed by atoms with Gasteiger partial charge in [-0.3, -0.25) is 0 Å². The molecule has 0 saturated carbocycles. The maximum Gasteiger partial charge on any atom is 0.245 e. The molecule has 2 heterocycles. The number of hydrogen-bond acceptors (Lipinski definition) is 6. The third kappa shape index (κ3) is 3.47. The first-order valence-corrected chi connectivity index (χ1v) is 13.1. The first-order valence-electron chi connectivity index (χ1n) is 8.95. The number of piperidine rings is 1. The Morgan fingerprint density at radius 2 is 1.64 bits per heavy atom. The second-order valence-corrected chi connectivity index (χ2v) is 11.8. The zero-order chi connectivity index (χ0) is 19.9. The van der Waals surface area contributed by atoms with E-state index in [-0.39, 0.29) is 15.8 Å². The summed E-state index contributed by atoms with van der Waals surface area (Å²) in [4.78, 5) is 4.33. The third-order valence-electron chi connectivity index (χ3n) is 4.88. The SMILES string of the molecule is CS(=O)(=O)c1ccccc1S(=O)(=O)N1CCCCC1c1nc2ccccc2s1. The molecule has 0 amide bonds. The Kier molecular flexibility index (Phi) is 5.03. The van der Waals surface area contributed by atoms with Crippen molar-refractivity contribution in [2.24, 2.45) is 0 Å². The number of sulfone groups is 1. The van der Waals surface area contributed by atoms with E-state index < -0.39 is 19.9 Å². The first-order chi connectivity index (χ1) is 13.3. The Hall–Kier alpha value is -1.81. The predicted molar refractivity (Wildman–Crippen MR) is 110 cm³/mol. The highest BCUT2D eigenvalue weighted by molar-refractivity contribution is 7.93. The molecular formula is C19H20N2O4S3. The molecule has 1 fully saturated rings. The lowest BCUT2D eigenvalue weighted by atomic mass is 10.1. The molecule has 148 valence electrons. The van der Waals surface area contributed by atoms with Gasteiger partial charge in [-0.2, -0.15) is 4.31 Å². The minimum Gasteiger partial charge on any atom is -0.239 e. The number of benzene rings is 2. The highest BCUT2D eigenvalue weighted by Gasteiger charge is 2.38. The monoisotopic (exact) mass is 436 g/mol. The van der Waals surface area contributed by atoms with E-state index in [0.717, 1.165) is 34.3 Å². The van der Waals surface area contributed by atoms with E-state index >= 15 is 0 Å². The number of para-hydroxylation sites is 1. The van der Waals surface area contributed by atoms with Gasteiger partial charge < -0.3 is 0 Å². The predicted octanol–water partition coefficient (Wildman–Crippen LogP) is 3.62. The third-order valence-corrected chi connectivity index (χ3v) is 9.27. The fourth-order valence-electron chi connectivity index (χ4n) is 3.57. The van der Waals surface area contributed by atoms with Crippen LogP contribution in [0.15, 0.2) is 58.3 Å². The van der Waals surface area contributed by atoms with Crippen LogP contribution in [0.25, 0.3) is 10.2 Å². The summed E-state index contributed by atoms with van der Waals surface area (Å²) in [5.74, 6) is 0. The smallest absolute Gasteiger partial charge is 0.239 e. The molecule has 0 N–H and O–H groups in total. The fraction of sp³-hybridized carbons (Fsp3) is 0.316. The molecular weight excluding hydrogens is 416 g/mol. The van der Waals surface area contributed by atoms with Gasteiger partial charge in [0.25, 0.3) is 0 Å². The van der Waals surface area contributed by atoms with E-state index in [0.29, 0.717) is 13.0 Å². The van der Waals surface area contributed by atoms with Crippen LogP contribution in [0, 0.1) is 0 Å². The van der Waals surface area contributed by atoms with E-state index in [9.17, 15) is 16.8 Å². The lowest BCUT2D eigenvalue weighted by Crippen LogP contribution is -2.39. The average Bonchev–Trinajstić information content (AvgIpc) is 3.11. The fourth-order valence-corrected chi connectivity index (χ4v) is 8.01. The summed E-state index contributed by atoms with van der Waals surface area (Å²) in [5.41, 5.74) is 0.849. The molecule has 2 aromatic carbocycles. The van der Waals surface area contributed by atoms with Crippen LogP contribution in [0.3, 0.4) is 0 Å². The van der Waals surface area contributed by atoms with Crippen LogP contribution in [-0.4, -0.2) is 38.9 Å². The van der Waals surface area contributed by atoms with Crippen molar-refractivity contribution < 1.29 is 16.8 Å². The van der Waals surface area contributed by atoms with Crippen molar-refractivity contribution in [1.29, 1.82) is 0 Å². The van der Waals surface area contributed by atoms with Crippen LogP contribution in [0.4, 0.5) is 0 Å². The molecule has 0 aliphatic carbocycles. The van der Waals surface area contributed by atoms with E-state index in [1.165, 1.54) is 33.8 Å². The zero-order valence-electron chi connectivity index (χ0n) is 15.3. The van der Waals surface area contributed by atoms with Crippen LogP contribution in [0.1, 0.15) is 30.3 Å². The van der Waals surface area contributed by atoms with Crippen molar-refractivity contribution in [3.8, 4) is 0 Å². The van der Waals surface area contributed by atoms with Crippen molar-refractivity contribution in [3.63, 3.8) is 0 Å². The van der Waals surface area contributed by atoms with Gasteiger partial charge in [0.15, 0.2) is 9.84 Å². The Bertz CT molecular complexity index is 1200. The molecule has 1 atom stereocenters. The number of fused-ring (bicyclic) bond motifs is 1. The van der Waals surface area contributed by atoms with Gasteiger partial charge in [0, 0.05) is 12.8 Å². The molecule has 1 saturated heterocycles. The number of rotatable bonds is 4. The van der Waals surface area contributed by atoms with E-state index in [1.807, 2.05) is 24.3 Å². The van der Waals surface area contributed by atoms with E-state index in [2.05, 4.69) is 4.98 Å². The summed E-state index contributed by atoms with van der Waals surface area (Å²) in [7, 11) is -7.67. The first kappa shape index (κ1) is 19.5. The molecule has 1 unspecified atom stereocenters. The van der Waals surface area contributed by atoms with Gasteiger partial charge in [-0.05, 0) is 37.1 Å². The highest BCUT2D eigenvalue weighted by Crippen LogP contribution is 2.39. The van der Waals surface area contributed by atoms with Gasteiger partial charge in [0.2, 0.25) is 10.0 Å². The Balaban J connectivity index is 1.82. The van der Waals surface area contributed by atoms with Crippen LogP contribution in [0.5, 0.6) is 0 Å². The highest BCUT2D eigenvalue weighted by atomic mass is 32.2. The summed E-state index contributed by atoms with van der Waals surface area (Å²) >= 11 is 1.49. The van der Waals surface area contributed by atoms with Crippen LogP contribution in [0.2, 0.25) is 0 Å². The number of sulfonamides is 1. The number of nitrogens with zero attached hydrogens (tertiary/aromatic N) is 2. The summed E-state index contributed by atoms with van der Waals surface area (Å²) in [6, 6.07) is 13.1. The number of thiazole rings is 1. The quantitative estimate of drug-likeness (QED) is 0.624. The summed E-state index contributed by atoms with van der Waals surface area (Å²) < 4.78 is 53.7. The molecule has 4 rings (SSSR count). The topological polar surface area (TPSA) is 84.4 Å². The molecule has 1 aliphatic rings. The number of aromatic nitrogens is 1. The molecule has 0 bridgehead atoms. The van der Waals surface area contributed by atoms with Crippen LogP contribution >= 0.6 is 11.3 Å². The molecule has 0 spiro atoms. The molecule has 6 nitrogen and oxygen atoms in total. The van der Waals surface area contributed by atoms with Crippen molar-refractivity contribution in [3.05, 3.63) is 53.5 Å². The minimum atomic E-state index is -3.99. The van der Waals surface area contributed by atoms with Gasteiger partial charge in [-0.25, -0.2) is 21.8 Å². The molecule has 1 aliphatic heterocycles. The zero-order valence-corrected chi connectivity index (χ0v) is 17.7. The van der Waals surface area contributed by atoms with Gasteiger partial charge in [-0.15, -0.1) is 11.3 Å². The largest absolute Gasteiger partial charge is 0.245 e. The Labute approximate surface area is 168 Å². The minimum absolute atomic E-state index is 0.162. The maximum absolute atomic E-state index is 13.5. The van der Waals surface area contributed by atoms with E-state index in [1.54, 1.807) is 6.07 Å². The second kappa shape index (κ2) is 7.22. The maximum atomic E-state index is 13.5. The molecule has 0 radical (unpaired) electrons. The molecule has 1 aromatic heterocycles. The van der Waals surface area contributed by atoms with Crippen LogP contribution < -0.4 is 0 Å². The lowest BCUT2D eigenvalue weighted by Gasteiger charge is -2.33. The van der Waals surface area contributed by atoms with Crippen molar-refractivity contribution in [2.45, 2.75) is 35.1 Å².